The molecule has 3 aromatic heterocycles. The van der Waals surface area contributed by atoms with Crippen LogP contribution in [0.5, 0.6) is 5.75 Å². The number of benzene rings is 1. The number of nitrogens with zero attached hydrogens (tertiary/aromatic N) is 5. The average molecular weight is 474 g/mol. The summed E-state index contributed by atoms with van der Waals surface area (Å²) in [5.74, 6) is 2.50. The van der Waals surface area contributed by atoms with Crippen molar-refractivity contribution in [2.24, 2.45) is 10.7 Å². The molecule has 34 heavy (non-hydrogen) atoms. The molecular weight excluding hydrogens is 446 g/mol. The molecule has 4 aromatic rings. The predicted octanol–water partition coefficient (Wildman–Crippen LogP) is 4.15. The maximum Gasteiger partial charge on any atom is 0.140 e. The molecule has 9 heteroatoms. The number of fused-ring (bicyclic) bond motifs is 1. The molecule has 0 aliphatic heterocycles. The Balaban J connectivity index is 1.45. The summed E-state index contributed by atoms with van der Waals surface area (Å²) in [6, 6.07) is 14.0. The van der Waals surface area contributed by atoms with E-state index < -0.39 is 0 Å². The van der Waals surface area contributed by atoms with E-state index in [0.29, 0.717) is 13.2 Å². The second-order valence-electron chi connectivity index (χ2n) is 7.42. The van der Waals surface area contributed by atoms with Crippen LogP contribution in [0.4, 0.5) is 5.82 Å². The van der Waals surface area contributed by atoms with Crippen molar-refractivity contribution in [3.05, 3.63) is 78.5 Å². The monoisotopic (exact) mass is 473 g/mol. The summed E-state index contributed by atoms with van der Waals surface area (Å²) < 4.78 is 7.77. The number of thioether (sulfide) groups is 1. The Kier molecular flexibility index (Phi) is 7.77. The molecule has 4 rings (SSSR count). The van der Waals surface area contributed by atoms with E-state index in [2.05, 4.69) is 43.6 Å². The first kappa shape index (κ1) is 23.3. The number of allylic oxidation sites excluding steroid dienone is 1. The van der Waals surface area contributed by atoms with Crippen molar-refractivity contribution in [1.29, 1.82) is 0 Å². The lowest BCUT2D eigenvalue weighted by atomic mass is 10.1. The van der Waals surface area contributed by atoms with Gasteiger partial charge in [-0.15, -0.1) is 0 Å². The van der Waals surface area contributed by atoms with Gasteiger partial charge in [0.1, 0.15) is 23.5 Å². The molecule has 1 aromatic carbocycles. The molecule has 0 amide bonds. The number of nitrogens with two attached hydrogens (primary N) is 1. The van der Waals surface area contributed by atoms with Crippen LogP contribution in [0.15, 0.2) is 72.4 Å². The molecule has 0 unspecified atom stereocenters. The SMILES string of the molecule is CN=C/C(=C\N)c1ccc(CNc2cc(-c3cnc4cc(OCCSC)ccn34)ncn2)cc1. The van der Waals surface area contributed by atoms with E-state index in [1.165, 1.54) is 0 Å². The molecule has 0 aliphatic rings. The first-order valence-corrected chi connectivity index (χ1v) is 12.2. The molecule has 3 N–H and O–H groups in total. The van der Waals surface area contributed by atoms with Gasteiger partial charge in [0.2, 0.25) is 0 Å². The second-order valence-corrected chi connectivity index (χ2v) is 8.41. The molecule has 3 heterocycles. The Morgan fingerprint density at radius 1 is 1.18 bits per heavy atom. The van der Waals surface area contributed by atoms with Crippen LogP contribution >= 0.6 is 11.8 Å². The molecule has 0 bridgehead atoms. The number of ether oxygens (including phenoxy) is 1. The van der Waals surface area contributed by atoms with Gasteiger partial charge in [-0.25, -0.2) is 15.0 Å². The maximum absolute atomic E-state index is 5.78. The molecule has 0 fully saturated rings. The van der Waals surface area contributed by atoms with Crippen LogP contribution in [0.25, 0.3) is 22.6 Å². The molecule has 0 aliphatic carbocycles. The third-order valence-electron chi connectivity index (χ3n) is 5.18. The molecule has 0 saturated carbocycles. The van der Waals surface area contributed by atoms with Gasteiger partial charge >= 0.3 is 0 Å². The van der Waals surface area contributed by atoms with Gasteiger partial charge in [-0.3, -0.25) is 9.39 Å². The highest BCUT2D eigenvalue weighted by Gasteiger charge is 2.10. The summed E-state index contributed by atoms with van der Waals surface area (Å²) >= 11 is 1.76. The van der Waals surface area contributed by atoms with Crippen molar-refractivity contribution >= 4 is 35.0 Å². The van der Waals surface area contributed by atoms with Crippen molar-refractivity contribution in [1.82, 2.24) is 19.4 Å². The minimum absolute atomic E-state index is 0.629. The Bertz CT molecular complexity index is 1300. The minimum atomic E-state index is 0.629. The number of pyridine rings is 1. The smallest absolute Gasteiger partial charge is 0.140 e. The van der Waals surface area contributed by atoms with Crippen LogP contribution in [-0.2, 0) is 6.54 Å². The van der Waals surface area contributed by atoms with Gasteiger partial charge in [0.05, 0.1) is 24.2 Å². The Morgan fingerprint density at radius 3 is 2.79 bits per heavy atom. The van der Waals surface area contributed by atoms with E-state index in [9.17, 15) is 0 Å². The highest BCUT2D eigenvalue weighted by Crippen LogP contribution is 2.23. The first-order valence-electron chi connectivity index (χ1n) is 10.8. The van der Waals surface area contributed by atoms with Crippen molar-refractivity contribution in [3.8, 4) is 17.1 Å². The normalized spacial score (nSPS) is 11.9. The highest BCUT2D eigenvalue weighted by molar-refractivity contribution is 7.98. The quantitative estimate of drug-likeness (QED) is 0.263. The van der Waals surface area contributed by atoms with E-state index in [-0.39, 0.29) is 0 Å². The predicted molar refractivity (Wildman–Crippen MR) is 140 cm³/mol. The van der Waals surface area contributed by atoms with E-state index >= 15 is 0 Å². The first-order chi connectivity index (χ1) is 16.7. The standard InChI is InChI=1S/C25H27N7OS/c1-27-15-20(13-26)19-5-3-18(4-6-19)14-28-24-12-22(30-17-31-24)23-16-29-25-11-21(7-8-32(23)25)33-9-10-34-2/h3-8,11-13,15-17H,9-10,14,26H2,1-2H3,(H,28,30,31)/b20-13+,27-15?. The van der Waals surface area contributed by atoms with Gasteiger partial charge < -0.3 is 15.8 Å². The second kappa shape index (κ2) is 11.3. The number of rotatable bonds is 10. The number of anilines is 1. The fourth-order valence-corrected chi connectivity index (χ4v) is 3.69. The topological polar surface area (TPSA) is 103 Å². The molecule has 0 spiro atoms. The zero-order valence-corrected chi connectivity index (χ0v) is 20.0. The van der Waals surface area contributed by atoms with Crippen molar-refractivity contribution in [3.63, 3.8) is 0 Å². The van der Waals surface area contributed by atoms with E-state index in [0.717, 1.165) is 51.1 Å². The number of imidazole rings is 1. The van der Waals surface area contributed by atoms with Gasteiger partial charge in [0, 0.05) is 55.7 Å². The van der Waals surface area contributed by atoms with Crippen LogP contribution in [0.2, 0.25) is 0 Å². The molecule has 0 atom stereocenters. The van der Waals surface area contributed by atoms with E-state index in [1.807, 2.05) is 47.1 Å². The summed E-state index contributed by atoms with van der Waals surface area (Å²) in [5.41, 5.74) is 11.2. The molecule has 0 saturated heterocycles. The number of aliphatic imine (C=N–C) groups is 1. The van der Waals surface area contributed by atoms with Crippen molar-refractivity contribution < 1.29 is 4.74 Å². The number of aromatic nitrogens is 4. The van der Waals surface area contributed by atoms with Gasteiger partial charge in [0.15, 0.2) is 0 Å². The number of hydrogen-bond donors (Lipinski definition) is 2. The fourth-order valence-electron chi connectivity index (χ4n) is 3.44. The summed E-state index contributed by atoms with van der Waals surface area (Å²) in [5, 5.41) is 3.37. The number of nitrogens with one attached hydrogen (secondary N) is 1. The van der Waals surface area contributed by atoms with Gasteiger partial charge in [-0.05, 0) is 23.4 Å². The van der Waals surface area contributed by atoms with Gasteiger partial charge in [0.25, 0.3) is 0 Å². The van der Waals surface area contributed by atoms with Crippen LogP contribution < -0.4 is 15.8 Å². The Labute approximate surface area is 203 Å². The Hall–Kier alpha value is -3.85. The third kappa shape index (κ3) is 5.55. The fraction of sp³-hybridized carbons (Fsp3) is 0.200. The van der Waals surface area contributed by atoms with Crippen molar-refractivity contribution in [2.75, 3.05) is 31.0 Å². The summed E-state index contributed by atoms with van der Waals surface area (Å²) in [4.78, 5) is 17.4. The zero-order valence-electron chi connectivity index (χ0n) is 19.2. The van der Waals surface area contributed by atoms with Crippen LogP contribution in [-0.4, -0.2) is 51.2 Å². The molecule has 8 nitrogen and oxygen atoms in total. The van der Waals surface area contributed by atoms with E-state index in [4.69, 9.17) is 10.5 Å². The highest BCUT2D eigenvalue weighted by atomic mass is 32.2. The lowest BCUT2D eigenvalue weighted by Gasteiger charge is -2.09. The zero-order chi connectivity index (χ0) is 23.8. The molecule has 0 radical (unpaired) electrons. The third-order valence-corrected chi connectivity index (χ3v) is 5.75. The van der Waals surface area contributed by atoms with Crippen LogP contribution in [0.1, 0.15) is 11.1 Å². The van der Waals surface area contributed by atoms with E-state index in [1.54, 1.807) is 37.6 Å². The Morgan fingerprint density at radius 2 is 2.03 bits per heavy atom. The summed E-state index contributed by atoms with van der Waals surface area (Å²) in [7, 11) is 1.73. The largest absolute Gasteiger partial charge is 0.493 e. The average Bonchev–Trinajstić information content (AvgIpc) is 3.30. The lowest BCUT2D eigenvalue weighted by Crippen LogP contribution is -2.03. The van der Waals surface area contributed by atoms with Crippen molar-refractivity contribution in [2.45, 2.75) is 6.54 Å². The molecule has 174 valence electrons. The van der Waals surface area contributed by atoms with Crippen LogP contribution in [0, 0.1) is 0 Å². The van der Waals surface area contributed by atoms with Gasteiger partial charge in [-0.1, -0.05) is 24.3 Å². The van der Waals surface area contributed by atoms with Gasteiger partial charge in [-0.2, -0.15) is 11.8 Å². The minimum Gasteiger partial charge on any atom is -0.493 e. The molecular formula is C25H27N7OS. The summed E-state index contributed by atoms with van der Waals surface area (Å²) in [6.45, 7) is 1.30. The maximum atomic E-state index is 5.78. The number of hydrogen-bond acceptors (Lipinski definition) is 8. The lowest BCUT2D eigenvalue weighted by molar-refractivity contribution is 0.344. The van der Waals surface area contributed by atoms with Crippen LogP contribution in [0.3, 0.4) is 0 Å². The summed E-state index contributed by atoms with van der Waals surface area (Å²) in [6.07, 6.45) is 10.7.